The monoisotopic (exact) mass is 399 g/mol. The van der Waals surface area contributed by atoms with Crippen LogP contribution in [0, 0.1) is 0 Å². The van der Waals surface area contributed by atoms with Crippen molar-refractivity contribution in [3.8, 4) is 11.5 Å². The van der Waals surface area contributed by atoms with Gasteiger partial charge in [-0.05, 0) is 24.3 Å². The Morgan fingerprint density at radius 3 is 2.75 bits per heavy atom. The van der Waals surface area contributed by atoms with Gasteiger partial charge in [-0.25, -0.2) is 4.79 Å². The number of benzene rings is 1. The van der Waals surface area contributed by atoms with E-state index in [2.05, 4.69) is 10.2 Å². The van der Waals surface area contributed by atoms with E-state index in [1.54, 1.807) is 18.4 Å². The highest BCUT2D eigenvalue weighted by Gasteiger charge is 2.43. The van der Waals surface area contributed by atoms with Crippen molar-refractivity contribution in [2.75, 3.05) is 5.75 Å². The van der Waals surface area contributed by atoms with Crippen molar-refractivity contribution in [2.45, 2.75) is 24.9 Å². The molecule has 0 saturated carbocycles. The average molecular weight is 399 g/mol. The van der Waals surface area contributed by atoms with Gasteiger partial charge >= 0.3 is 5.97 Å². The van der Waals surface area contributed by atoms with Gasteiger partial charge in [-0.1, -0.05) is 18.2 Å². The van der Waals surface area contributed by atoms with E-state index in [1.165, 1.54) is 23.6 Å². The molecule has 0 N–H and O–H groups in total. The van der Waals surface area contributed by atoms with E-state index >= 15 is 0 Å². The summed E-state index contributed by atoms with van der Waals surface area (Å²) in [5.74, 6) is 0.845. The number of carbonyl (C=O) groups is 2. The first kappa shape index (κ1) is 18.3. The summed E-state index contributed by atoms with van der Waals surface area (Å²) in [6.07, 6.45) is 1.54. The van der Waals surface area contributed by atoms with Crippen LogP contribution in [0.15, 0.2) is 57.6 Å². The van der Waals surface area contributed by atoms with Crippen LogP contribution in [0.2, 0.25) is 0 Å². The van der Waals surface area contributed by atoms with Crippen molar-refractivity contribution >= 4 is 23.6 Å². The normalized spacial score (nSPS) is 19.0. The number of amides is 1. The minimum atomic E-state index is -0.700. The molecule has 8 nitrogen and oxygen atoms in total. The maximum absolute atomic E-state index is 12.6. The predicted molar refractivity (Wildman–Crippen MR) is 99.7 cm³/mol. The van der Waals surface area contributed by atoms with E-state index in [0.29, 0.717) is 17.4 Å². The van der Waals surface area contributed by atoms with E-state index in [-0.39, 0.29) is 23.8 Å². The number of carbonyl (C=O) groups excluding carboxylic acids is 2. The van der Waals surface area contributed by atoms with E-state index in [4.69, 9.17) is 13.6 Å². The van der Waals surface area contributed by atoms with Crippen LogP contribution in [0.3, 0.4) is 0 Å². The SMILES string of the molecule is CC(=O)N1[C@@H](c2ccco2)SC[C@H]1C(=O)OCc1nnc(-c2ccccc2)o1. The molecular weight excluding hydrogens is 382 g/mol. The van der Waals surface area contributed by atoms with E-state index < -0.39 is 12.0 Å². The zero-order valence-corrected chi connectivity index (χ0v) is 15.8. The average Bonchev–Trinajstić information content (AvgIpc) is 3.46. The van der Waals surface area contributed by atoms with E-state index in [1.807, 2.05) is 30.3 Å². The number of esters is 1. The molecule has 0 bridgehead atoms. The lowest BCUT2D eigenvalue weighted by Gasteiger charge is -2.25. The molecule has 3 heterocycles. The second kappa shape index (κ2) is 7.89. The first-order valence-corrected chi connectivity index (χ1v) is 9.66. The third-order valence-electron chi connectivity index (χ3n) is 4.25. The summed E-state index contributed by atoms with van der Waals surface area (Å²) >= 11 is 1.46. The van der Waals surface area contributed by atoms with Gasteiger partial charge in [-0.15, -0.1) is 22.0 Å². The Labute approximate surface area is 164 Å². The Bertz CT molecular complexity index is 957. The summed E-state index contributed by atoms with van der Waals surface area (Å²) in [7, 11) is 0. The van der Waals surface area contributed by atoms with Gasteiger partial charge in [-0.2, -0.15) is 0 Å². The first-order chi connectivity index (χ1) is 13.6. The van der Waals surface area contributed by atoms with Crippen molar-refractivity contribution < 1.29 is 23.2 Å². The van der Waals surface area contributed by atoms with Gasteiger partial charge in [-0.3, -0.25) is 4.79 Å². The second-order valence-electron chi connectivity index (χ2n) is 6.12. The van der Waals surface area contributed by atoms with Crippen molar-refractivity contribution in [2.24, 2.45) is 0 Å². The molecule has 1 aliphatic heterocycles. The zero-order chi connectivity index (χ0) is 19.5. The Kier molecular flexibility index (Phi) is 5.16. The number of aromatic nitrogens is 2. The van der Waals surface area contributed by atoms with E-state index in [0.717, 1.165) is 5.56 Å². The van der Waals surface area contributed by atoms with Crippen molar-refractivity contribution in [3.63, 3.8) is 0 Å². The topological polar surface area (TPSA) is 98.7 Å². The van der Waals surface area contributed by atoms with Gasteiger partial charge in [0.2, 0.25) is 11.8 Å². The number of thioether (sulfide) groups is 1. The van der Waals surface area contributed by atoms with Gasteiger partial charge in [0.15, 0.2) is 6.61 Å². The maximum atomic E-state index is 12.6. The van der Waals surface area contributed by atoms with Crippen molar-refractivity contribution in [1.29, 1.82) is 0 Å². The third kappa shape index (κ3) is 3.65. The summed E-state index contributed by atoms with van der Waals surface area (Å²) in [5, 5.41) is 7.52. The molecule has 144 valence electrons. The highest BCUT2D eigenvalue weighted by Crippen LogP contribution is 2.41. The molecule has 9 heteroatoms. The third-order valence-corrected chi connectivity index (χ3v) is 5.53. The molecule has 1 amide bonds. The number of hydrogen-bond donors (Lipinski definition) is 0. The summed E-state index contributed by atoms with van der Waals surface area (Å²) in [4.78, 5) is 26.2. The Balaban J connectivity index is 1.41. The van der Waals surface area contributed by atoms with Gasteiger partial charge in [0.05, 0.1) is 6.26 Å². The van der Waals surface area contributed by atoms with Gasteiger partial charge < -0.3 is 18.5 Å². The van der Waals surface area contributed by atoms with Crippen molar-refractivity contribution in [3.05, 3.63) is 60.4 Å². The summed E-state index contributed by atoms with van der Waals surface area (Å²) in [5.41, 5.74) is 0.781. The molecule has 2 aromatic heterocycles. The molecular formula is C19H17N3O5S. The quantitative estimate of drug-likeness (QED) is 0.604. The smallest absolute Gasteiger partial charge is 0.330 e. The molecule has 28 heavy (non-hydrogen) atoms. The highest BCUT2D eigenvalue weighted by molar-refractivity contribution is 7.99. The zero-order valence-electron chi connectivity index (χ0n) is 15.0. The Morgan fingerprint density at radius 2 is 2.04 bits per heavy atom. The second-order valence-corrected chi connectivity index (χ2v) is 7.23. The van der Waals surface area contributed by atoms with Crippen LogP contribution >= 0.6 is 11.8 Å². The maximum Gasteiger partial charge on any atom is 0.330 e. The molecule has 1 saturated heterocycles. The Hall–Kier alpha value is -3.07. The predicted octanol–water partition coefficient (Wildman–Crippen LogP) is 3.04. The van der Waals surface area contributed by atoms with Crippen LogP contribution < -0.4 is 0 Å². The summed E-state index contributed by atoms with van der Waals surface area (Å²) in [6.45, 7) is 1.27. The number of rotatable bonds is 5. The molecule has 0 radical (unpaired) electrons. The number of ether oxygens (including phenoxy) is 1. The lowest BCUT2D eigenvalue weighted by Crippen LogP contribution is -2.42. The summed E-state index contributed by atoms with van der Waals surface area (Å²) in [6, 6.07) is 12.1. The van der Waals surface area contributed by atoms with Gasteiger partial charge in [0.1, 0.15) is 17.2 Å². The van der Waals surface area contributed by atoms with Crippen LogP contribution in [-0.2, 0) is 20.9 Å². The van der Waals surface area contributed by atoms with Crippen LogP contribution in [0.25, 0.3) is 11.5 Å². The number of hydrogen-bond acceptors (Lipinski definition) is 8. The van der Waals surface area contributed by atoms with Crippen LogP contribution in [-0.4, -0.2) is 38.8 Å². The lowest BCUT2D eigenvalue weighted by molar-refractivity contribution is -0.155. The largest absolute Gasteiger partial charge is 0.466 e. The van der Waals surface area contributed by atoms with Crippen LogP contribution in [0.4, 0.5) is 0 Å². The van der Waals surface area contributed by atoms with Crippen LogP contribution in [0.5, 0.6) is 0 Å². The molecule has 4 rings (SSSR count). The minimum Gasteiger partial charge on any atom is -0.466 e. The highest BCUT2D eigenvalue weighted by atomic mass is 32.2. The molecule has 1 aromatic carbocycles. The molecule has 0 spiro atoms. The molecule has 0 aliphatic carbocycles. The number of furan rings is 1. The first-order valence-electron chi connectivity index (χ1n) is 8.62. The Morgan fingerprint density at radius 1 is 1.21 bits per heavy atom. The fraction of sp³-hybridized carbons (Fsp3) is 0.263. The van der Waals surface area contributed by atoms with Gasteiger partial charge in [0.25, 0.3) is 5.89 Å². The van der Waals surface area contributed by atoms with Crippen LogP contribution in [0.1, 0.15) is 23.9 Å². The fourth-order valence-corrected chi connectivity index (χ4v) is 4.38. The molecule has 0 unspecified atom stereocenters. The molecule has 2 atom stereocenters. The lowest BCUT2D eigenvalue weighted by atomic mass is 10.2. The number of nitrogens with zero attached hydrogens (tertiary/aromatic N) is 3. The fourth-order valence-electron chi connectivity index (χ4n) is 2.96. The minimum absolute atomic E-state index is 0.156. The van der Waals surface area contributed by atoms with Crippen molar-refractivity contribution in [1.82, 2.24) is 15.1 Å². The molecule has 3 aromatic rings. The standard InChI is InChI=1S/C19H17N3O5S/c1-12(23)22-14(11-28-18(22)15-8-5-9-25-15)19(24)26-10-16-20-21-17(27-16)13-6-3-2-4-7-13/h2-9,14,18H,10-11H2,1H3/t14-,18+/m0/s1. The summed E-state index contributed by atoms with van der Waals surface area (Å²) < 4.78 is 16.3. The molecule has 1 fully saturated rings. The molecule has 1 aliphatic rings. The van der Waals surface area contributed by atoms with E-state index in [9.17, 15) is 9.59 Å². The van der Waals surface area contributed by atoms with Gasteiger partial charge in [0, 0.05) is 18.2 Å².